The molecule has 0 aliphatic heterocycles. The molecule has 0 radical (unpaired) electrons. The number of thiol groups is 1. The van der Waals surface area contributed by atoms with Gasteiger partial charge in [0, 0.05) is 14.9 Å². The summed E-state index contributed by atoms with van der Waals surface area (Å²) in [6.07, 6.45) is 0. The zero-order valence-corrected chi connectivity index (χ0v) is 13.4. The first kappa shape index (κ1) is 14.7. The maximum atomic E-state index is 12.0. The highest BCUT2D eigenvalue weighted by Gasteiger charge is 2.12. The number of anilines is 1. The molecule has 0 bridgehead atoms. The maximum Gasteiger partial charge on any atom is 0.255 e. The average molecular weight is 377 g/mol. The van der Waals surface area contributed by atoms with Gasteiger partial charge < -0.3 is 5.32 Å². The normalized spacial score (nSPS) is 10.3. The molecule has 0 heterocycles. The number of halogens is 3. The third-order valence-corrected chi connectivity index (χ3v) is 4.48. The number of carbonyl (C=O) groups is 1. The SMILES string of the molecule is O=C(Nc1ccc(Br)c(Cl)c1Cl)c1ccc(S)cc1. The van der Waals surface area contributed by atoms with Crippen LogP contribution >= 0.6 is 51.8 Å². The van der Waals surface area contributed by atoms with Gasteiger partial charge in [-0.15, -0.1) is 12.6 Å². The fourth-order valence-corrected chi connectivity index (χ4v) is 2.40. The van der Waals surface area contributed by atoms with Crippen molar-refractivity contribution in [2.24, 2.45) is 0 Å². The number of nitrogens with one attached hydrogen (secondary N) is 1. The number of amides is 1. The standard InChI is InChI=1S/C13H8BrCl2NOS/c14-9-5-6-10(12(16)11(9)15)17-13(18)7-1-3-8(19)4-2-7/h1-6,19H,(H,17,18). The minimum atomic E-state index is -0.256. The maximum absolute atomic E-state index is 12.0. The van der Waals surface area contributed by atoms with E-state index < -0.39 is 0 Å². The average Bonchev–Trinajstić information content (AvgIpc) is 2.40. The van der Waals surface area contributed by atoms with Gasteiger partial charge in [0.1, 0.15) is 0 Å². The predicted octanol–water partition coefficient (Wildman–Crippen LogP) is 5.30. The first-order valence-electron chi connectivity index (χ1n) is 5.23. The van der Waals surface area contributed by atoms with Crippen molar-refractivity contribution in [2.45, 2.75) is 4.90 Å². The van der Waals surface area contributed by atoms with Crippen LogP contribution in [-0.2, 0) is 0 Å². The smallest absolute Gasteiger partial charge is 0.255 e. The van der Waals surface area contributed by atoms with Crippen LogP contribution in [0.1, 0.15) is 10.4 Å². The summed E-state index contributed by atoms with van der Waals surface area (Å²) < 4.78 is 0.677. The number of carbonyl (C=O) groups excluding carboxylic acids is 1. The van der Waals surface area contributed by atoms with E-state index >= 15 is 0 Å². The molecule has 0 atom stereocenters. The molecular formula is C13H8BrCl2NOS. The Bertz CT molecular complexity index is 631. The van der Waals surface area contributed by atoms with Crippen molar-refractivity contribution in [3.05, 3.63) is 56.5 Å². The summed E-state index contributed by atoms with van der Waals surface area (Å²) in [4.78, 5) is 12.8. The highest BCUT2D eigenvalue weighted by atomic mass is 79.9. The minimum absolute atomic E-state index is 0.256. The molecule has 2 aromatic rings. The van der Waals surface area contributed by atoms with E-state index in [1.807, 2.05) is 0 Å². The van der Waals surface area contributed by atoms with Crippen molar-refractivity contribution in [2.75, 3.05) is 5.32 Å². The molecular weight excluding hydrogens is 369 g/mol. The molecule has 19 heavy (non-hydrogen) atoms. The first-order valence-corrected chi connectivity index (χ1v) is 7.22. The van der Waals surface area contributed by atoms with Gasteiger partial charge in [0.2, 0.25) is 0 Å². The van der Waals surface area contributed by atoms with Crippen molar-refractivity contribution in [1.29, 1.82) is 0 Å². The summed E-state index contributed by atoms with van der Waals surface area (Å²) in [5.74, 6) is -0.256. The van der Waals surface area contributed by atoms with Crippen LogP contribution in [0.5, 0.6) is 0 Å². The highest BCUT2D eigenvalue weighted by Crippen LogP contribution is 2.35. The lowest BCUT2D eigenvalue weighted by Gasteiger charge is -2.09. The Morgan fingerprint density at radius 2 is 1.68 bits per heavy atom. The molecule has 98 valence electrons. The van der Waals surface area contributed by atoms with Gasteiger partial charge in [-0.25, -0.2) is 0 Å². The van der Waals surface area contributed by atoms with Gasteiger partial charge in [0.15, 0.2) is 0 Å². The highest BCUT2D eigenvalue weighted by molar-refractivity contribution is 9.10. The van der Waals surface area contributed by atoms with E-state index in [2.05, 4.69) is 33.9 Å². The van der Waals surface area contributed by atoms with Crippen molar-refractivity contribution in [3.63, 3.8) is 0 Å². The number of hydrogen-bond acceptors (Lipinski definition) is 2. The van der Waals surface area contributed by atoms with Gasteiger partial charge in [-0.2, -0.15) is 0 Å². The van der Waals surface area contributed by atoms with Crippen LogP contribution < -0.4 is 5.32 Å². The zero-order valence-electron chi connectivity index (χ0n) is 9.45. The second kappa shape index (κ2) is 6.18. The third-order valence-electron chi connectivity index (χ3n) is 2.41. The molecule has 2 rings (SSSR count). The van der Waals surface area contributed by atoms with E-state index in [1.165, 1.54) is 0 Å². The van der Waals surface area contributed by atoms with Crippen LogP contribution in [0.4, 0.5) is 5.69 Å². The molecule has 2 nitrogen and oxygen atoms in total. The van der Waals surface area contributed by atoms with E-state index in [0.717, 1.165) is 4.90 Å². The van der Waals surface area contributed by atoms with Crippen LogP contribution in [0.2, 0.25) is 10.0 Å². The molecule has 1 N–H and O–H groups in total. The topological polar surface area (TPSA) is 29.1 Å². The van der Waals surface area contributed by atoms with Crippen molar-refractivity contribution in [3.8, 4) is 0 Å². The molecule has 1 amide bonds. The van der Waals surface area contributed by atoms with E-state index in [0.29, 0.717) is 25.8 Å². The summed E-state index contributed by atoms with van der Waals surface area (Å²) in [6, 6.07) is 10.3. The number of benzene rings is 2. The molecule has 0 aromatic heterocycles. The molecule has 2 aromatic carbocycles. The van der Waals surface area contributed by atoms with Gasteiger partial charge in [0.05, 0.1) is 15.7 Å². The summed E-state index contributed by atoms with van der Waals surface area (Å²) >= 11 is 19.5. The quantitative estimate of drug-likeness (QED) is 0.540. The lowest BCUT2D eigenvalue weighted by atomic mass is 10.2. The first-order chi connectivity index (χ1) is 8.99. The van der Waals surface area contributed by atoms with Crippen LogP contribution in [-0.4, -0.2) is 5.91 Å². The molecule has 0 spiro atoms. The van der Waals surface area contributed by atoms with E-state index in [4.69, 9.17) is 23.2 Å². The van der Waals surface area contributed by atoms with Gasteiger partial charge in [-0.3, -0.25) is 4.79 Å². The molecule has 0 fully saturated rings. The second-order valence-electron chi connectivity index (χ2n) is 3.72. The molecule has 0 saturated heterocycles. The number of hydrogen-bond donors (Lipinski definition) is 2. The number of rotatable bonds is 2. The Balaban J connectivity index is 2.24. The summed E-state index contributed by atoms with van der Waals surface area (Å²) in [5, 5.41) is 3.38. The van der Waals surface area contributed by atoms with Gasteiger partial charge in [-0.05, 0) is 52.3 Å². The summed E-state index contributed by atoms with van der Waals surface area (Å²) in [7, 11) is 0. The van der Waals surface area contributed by atoms with Crippen LogP contribution in [0.15, 0.2) is 45.8 Å². The lowest BCUT2D eigenvalue weighted by molar-refractivity contribution is 0.102. The molecule has 0 saturated carbocycles. The Hall–Kier alpha value is -0.680. The minimum Gasteiger partial charge on any atom is -0.321 e. The predicted molar refractivity (Wildman–Crippen MR) is 85.8 cm³/mol. The Morgan fingerprint density at radius 1 is 1.05 bits per heavy atom. The van der Waals surface area contributed by atoms with Crippen molar-refractivity contribution >= 4 is 63.4 Å². The van der Waals surface area contributed by atoms with Crippen molar-refractivity contribution in [1.82, 2.24) is 0 Å². The Labute approximate surface area is 134 Å². The zero-order chi connectivity index (χ0) is 14.0. The molecule has 0 unspecified atom stereocenters. The van der Waals surface area contributed by atoms with Gasteiger partial charge in [0.25, 0.3) is 5.91 Å². The fraction of sp³-hybridized carbons (Fsp3) is 0. The van der Waals surface area contributed by atoms with Gasteiger partial charge in [-0.1, -0.05) is 23.2 Å². The van der Waals surface area contributed by atoms with Gasteiger partial charge >= 0.3 is 0 Å². The van der Waals surface area contributed by atoms with Crippen molar-refractivity contribution < 1.29 is 4.79 Å². The van der Waals surface area contributed by atoms with E-state index in [9.17, 15) is 4.79 Å². The lowest BCUT2D eigenvalue weighted by Crippen LogP contribution is -2.12. The Morgan fingerprint density at radius 3 is 2.32 bits per heavy atom. The van der Waals surface area contributed by atoms with E-state index in [-0.39, 0.29) is 5.91 Å². The molecule has 0 aliphatic rings. The van der Waals surface area contributed by atoms with Crippen LogP contribution in [0, 0.1) is 0 Å². The van der Waals surface area contributed by atoms with Crippen LogP contribution in [0.3, 0.4) is 0 Å². The molecule has 6 heteroatoms. The summed E-state index contributed by atoms with van der Waals surface area (Å²) in [5.41, 5.74) is 0.989. The fourth-order valence-electron chi connectivity index (χ4n) is 1.43. The molecule has 0 aliphatic carbocycles. The summed E-state index contributed by atoms with van der Waals surface area (Å²) in [6.45, 7) is 0. The monoisotopic (exact) mass is 375 g/mol. The Kier molecular flexibility index (Phi) is 4.79. The second-order valence-corrected chi connectivity index (χ2v) is 5.85. The third kappa shape index (κ3) is 3.45. The van der Waals surface area contributed by atoms with Crippen LogP contribution in [0.25, 0.3) is 0 Å². The van der Waals surface area contributed by atoms with E-state index in [1.54, 1.807) is 36.4 Å². The largest absolute Gasteiger partial charge is 0.321 e.